The maximum absolute atomic E-state index is 11.2. The summed E-state index contributed by atoms with van der Waals surface area (Å²) in [6.07, 6.45) is 0. The minimum atomic E-state index is -0.471. The number of nitrogens with two attached hydrogens (primary N) is 1. The predicted octanol–water partition coefficient (Wildman–Crippen LogP) is -0.826. The van der Waals surface area contributed by atoms with Gasteiger partial charge in [0.25, 0.3) is 0 Å². The average molecular weight is 160 g/mol. The summed E-state index contributed by atoms with van der Waals surface area (Å²) in [5.41, 5.74) is 5.37. The third kappa shape index (κ3) is 3.34. The first kappa shape index (κ1) is 10.4. The number of aliphatic hydroxyl groups is 1. The van der Waals surface area contributed by atoms with E-state index in [4.69, 9.17) is 10.8 Å². The molecule has 0 fully saturated rings. The van der Waals surface area contributed by atoms with Gasteiger partial charge in [-0.3, -0.25) is 4.79 Å². The molecule has 0 rings (SSSR count). The first-order valence-electron chi connectivity index (χ1n) is 3.78. The minimum Gasteiger partial charge on any atom is -0.395 e. The largest absolute Gasteiger partial charge is 0.395 e. The topological polar surface area (TPSA) is 66.6 Å². The van der Waals surface area contributed by atoms with Crippen LogP contribution in [-0.4, -0.2) is 41.7 Å². The van der Waals surface area contributed by atoms with Crippen LogP contribution >= 0.6 is 0 Å². The lowest BCUT2D eigenvalue weighted by molar-refractivity contribution is -0.132. The summed E-state index contributed by atoms with van der Waals surface area (Å²) < 4.78 is 0. The van der Waals surface area contributed by atoms with E-state index in [1.54, 1.807) is 6.92 Å². The Bertz CT molecular complexity index is 126. The molecule has 0 aliphatic carbocycles. The van der Waals surface area contributed by atoms with E-state index >= 15 is 0 Å². The highest BCUT2D eigenvalue weighted by molar-refractivity contribution is 5.81. The van der Waals surface area contributed by atoms with E-state index in [0.29, 0.717) is 13.1 Å². The molecule has 0 aromatic heterocycles. The van der Waals surface area contributed by atoms with E-state index < -0.39 is 6.04 Å². The van der Waals surface area contributed by atoms with E-state index in [1.807, 2.05) is 6.92 Å². The molecule has 0 unspecified atom stereocenters. The number of nitrogens with zero attached hydrogens (tertiary/aromatic N) is 1. The minimum absolute atomic E-state index is 0.00764. The summed E-state index contributed by atoms with van der Waals surface area (Å²) in [5, 5.41) is 8.56. The molecule has 0 bridgehead atoms. The Balaban J connectivity index is 3.92. The van der Waals surface area contributed by atoms with Crippen molar-refractivity contribution in [3.8, 4) is 0 Å². The van der Waals surface area contributed by atoms with Crippen LogP contribution in [0.4, 0.5) is 0 Å². The third-order valence-corrected chi connectivity index (χ3v) is 1.45. The van der Waals surface area contributed by atoms with Crippen LogP contribution < -0.4 is 5.73 Å². The van der Waals surface area contributed by atoms with Crippen LogP contribution in [0.3, 0.4) is 0 Å². The van der Waals surface area contributed by atoms with Gasteiger partial charge < -0.3 is 15.7 Å². The lowest BCUT2D eigenvalue weighted by atomic mass is 10.3. The lowest BCUT2D eigenvalue weighted by Gasteiger charge is -2.21. The van der Waals surface area contributed by atoms with Gasteiger partial charge >= 0.3 is 0 Å². The summed E-state index contributed by atoms with van der Waals surface area (Å²) in [4.78, 5) is 12.7. The molecule has 0 spiro atoms. The van der Waals surface area contributed by atoms with Crippen molar-refractivity contribution in [1.29, 1.82) is 0 Å². The van der Waals surface area contributed by atoms with Crippen molar-refractivity contribution in [1.82, 2.24) is 4.90 Å². The van der Waals surface area contributed by atoms with Gasteiger partial charge in [0.2, 0.25) is 5.91 Å². The van der Waals surface area contributed by atoms with Crippen molar-refractivity contribution in [3.05, 3.63) is 0 Å². The van der Waals surface area contributed by atoms with Crippen molar-refractivity contribution in [2.45, 2.75) is 19.9 Å². The fourth-order valence-electron chi connectivity index (χ4n) is 0.833. The molecule has 0 saturated heterocycles. The van der Waals surface area contributed by atoms with Crippen LogP contribution in [-0.2, 0) is 4.79 Å². The van der Waals surface area contributed by atoms with Gasteiger partial charge in [-0.25, -0.2) is 0 Å². The molecular formula is C7H16N2O2. The Morgan fingerprint density at radius 3 is 2.55 bits per heavy atom. The zero-order chi connectivity index (χ0) is 8.85. The standard InChI is InChI=1S/C7H16N2O2/c1-3-9(4-5-10)7(11)6(2)8/h6,10H,3-5,8H2,1-2H3/t6-/m0/s1. The van der Waals surface area contributed by atoms with Crippen LogP contribution in [0.1, 0.15) is 13.8 Å². The molecule has 4 nitrogen and oxygen atoms in total. The Kier molecular flexibility index (Phi) is 4.81. The fourth-order valence-corrected chi connectivity index (χ4v) is 0.833. The highest BCUT2D eigenvalue weighted by atomic mass is 16.3. The summed E-state index contributed by atoms with van der Waals surface area (Å²) in [6.45, 7) is 4.46. The first-order chi connectivity index (χ1) is 5.13. The summed E-state index contributed by atoms with van der Waals surface area (Å²) in [6, 6.07) is -0.471. The van der Waals surface area contributed by atoms with Crippen molar-refractivity contribution >= 4 is 5.91 Å². The van der Waals surface area contributed by atoms with E-state index in [-0.39, 0.29) is 12.5 Å². The number of amides is 1. The molecular weight excluding hydrogens is 144 g/mol. The van der Waals surface area contributed by atoms with Gasteiger partial charge in [-0.2, -0.15) is 0 Å². The second kappa shape index (κ2) is 5.09. The molecule has 0 aliphatic heterocycles. The van der Waals surface area contributed by atoms with Gasteiger partial charge in [0, 0.05) is 13.1 Å². The molecule has 1 atom stereocenters. The van der Waals surface area contributed by atoms with Gasteiger partial charge in [-0.1, -0.05) is 0 Å². The molecule has 3 N–H and O–H groups in total. The molecule has 0 saturated carbocycles. The van der Waals surface area contributed by atoms with E-state index in [1.165, 1.54) is 4.90 Å². The zero-order valence-electron chi connectivity index (χ0n) is 7.08. The molecule has 66 valence electrons. The number of hydrogen-bond donors (Lipinski definition) is 2. The molecule has 4 heteroatoms. The Labute approximate surface area is 67.0 Å². The van der Waals surface area contributed by atoms with Gasteiger partial charge in [0.15, 0.2) is 0 Å². The maximum Gasteiger partial charge on any atom is 0.239 e. The third-order valence-electron chi connectivity index (χ3n) is 1.45. The molecule has 0 aliphatic rings. The van der Waals surface area contributed by atoms with Crippen LogP contribution in [0.25, 0.3) is 0 Å². The number of carbonyl (C=O) groups is 1. The molecule has 11 heavy (non-hydrogen) atoms. The monoisotopic (exact) mass is 160 g/mol. The normalized spacial score (nSPS) is 12.7. The second-order valence-electron chi connectivity index (χ2n) is 2.43. The van der Waals surface area contributed by atoms with Crippen LogP contribution in [0.5, 0.6) is 0 Å². The van der Waals surface area contributed by atoms with Crippen LogP contribution in [0.15, 0.2) is 0 Å². The van der Waals surface area contributed by atoms with E-state index in [0.717, 1.165) is 0 Å². The van der Waals surface area contributed by atoms with Crippen molar-refractivity contribution in [2.24, 2.45) is 5.73 Å². The molecule has 0 radical (unpaired) electrons. The summed E-state index contributed by atoms with van der Waals surface area (Å²) in [5.74, 6) is -0.110. The molecule has 0 aromatic rings. The first-order valence-corrected chi connectivity index (χ1v) is 3.78. The van der Waals surface area contributed by atoms with Gasteiger partial charge in [0.05, 0.1) is 12.6 Å². The van der Waals surface area contributed by atoms with Gasteiger partial charge in [0.1, 0.15) is 0 Å². The smallest absolute Gasteiger partial charge is 0.239 e. The number of carbonyl (C=O) groups excluding carboxylic acids is 1. The lowest BCUT2D eigenvalue weighted by Crippen LogP contribution is -2.43. The van der Waals surface area contributed by atoms with E-state index in [2.05, 4.69) is 0 Å². The molecule has 0 aromatic carbocycles. The summed E-state index contributed by atoms with van der Waals surface area (Å²) in [7, 11) is 0. The van der Waals surface area contributed by atoms with Gasteiger partial charge in [-0.15, -0.1) is 0 Å². The zero-order valence-corrected chi connectivity index (χ0v) is 7.08. The van der Waals surface area contributed by atoms with Crippen molar-refractivity contribution in [3.63, 3.8) is 0 Å². The Hall–Kier alpha value is -0.610. The van der Waals surface area contributed by atoms with Crippen LogP contribution in [0, 0.1) is 0 Å². The van der Waals surface area contributed by atoms with Gasteiger partial charge in [-0.05, 0) is 13.8 Å². The number of likely N-dealkylation sites (N-methyl/N-ethyl adjacent to an activating group) is 1. The summed E-state index contributed by atoms with van der Waals surface area (Å²) >= 11 is 0. The fraction of sp³-hybridized carbons (Fsp3) is 0.857. The Morgan fingerprint density at radius 1 is 1.73 bits per heavy atom. The molecule has 0 heterocycles. The number of aliphatic hydroxyl groups excluding tert-OH is 1. The maximum atomic E-state index is 11.2. The second-order valence-corrected chi connectivity index (χ2v) is 2.43. The Morgan fingerprint density at radius 2 is 2.27 bits per heavy atom. The molecule has 1 amide bonds. The predicted molar refractivity (Wildman–Crippen MR) is 43.0 cm³/mol. The van der Waals surface area contributed by atoms with Crippen molar-refractivity contribution < 1.29 is 9.90 Å². The highest BCUT2D eigenvalue weighted by Gasteiger charge is 2.14. The average Bonchev–Trinajstić information content (AvgIpc) is 1.98. The quantitative estimate of drug-likeness (QED) is 0.564. The van der Waals surface area contributed by atoms with Crippen molar-refractivity contribution in [2.75, 3.05) is 19.7 Å². The highest BCUT2D eigenvalue weighted by Crippen LogP contribution is 1.91. The SMILES string of the molecule is CCN(CCO)C(=O)[C@H](C)N. The number of hydrogen-bond acceptors (Lipinski definition) is 3. The van der Waals surface area contributed by atoms with Crippen LogP contribution in [0.2, 0.25) is 0 Å². The van der Waals surface area contributed by atoms with E-state index in [9.17, 15) is 4.79 Å². The number of rotatable bonds is 4.